The lowest BCUT2D eigenvalue weighted by molar-refractivity contribution is 0.0601. The van der Waals surface area contributed by atoms with Crippen molar-refractivity contribution in [3.05, 3.63) is 48.0 Å². The minimum Gasteiger partial charge on any atom is -0.465 e. The van der Waals surface area contributed by atoms with E-state index >= 15 is 0 Å². The van der Waals surface area contributed by atoms with Crippen molar-refractivity contribution >= 4 is 22.4 Å². The zero-order valence-electron chi connectivity index (χ0n) is 12.2. The SMILES string of the molecule is COC(=O)c1ccc2c3c(ccc2c1)N(C)[C]C3(C)C. The van der Waals surface area contributed by atoms with Gasteiger partial charge in [-0.05, 0) is 34.5 Å². The second-order valence-corrected chi connectivity index (χ2v) is 5.68. The van der Waals surface area contributed by atoms with Gasteiger partial charge in [0.1, 0.15) is 6.54 Å². The quantitative estimate of drug-likeness (QED) is 0.742. The van der Waals surface area contributed by atoms with Crippen molar-refractivity contribution in [1.29, 1.82) is 0 Å². The van der Waals surface area contributed by atoms with E-state index in [0.29, 0.717) is 5.56 Å². The first kappa shape index (κ1) is 13.0. The molecule has 0 unspecified atom stereocenters. The molecule has 2 radical (unpaired) electrons. The van der Waals surface area contributed by atoms with Crippen LogP contribution in [0.1, 0.15) is 29.8 Å². The van der Waals surface area contributed by atoms with Gasteiger partial charge in [-0.25, -0.2) is 4.79 Å². The van der Waals surface area contributed by atoms with E-state index in [1.54, 1.807) is 0 Å². The molecule has 3 rings (SSSR count). The number of carbonyl (C=O) groups is 1. The molecule has 0 saturated heterocycles. The Bertz CT molecular complexity index is 703. The molecule has 20 heavy (non-hydrogen) atoms. The van der Waals surface area contributed by atoms with Gasteiger partial charge in [-0.3, -0.25) is 0 Å². The first-order valence-electron chi connectivity index (χ1n) is 6.61. The summed E-state index contributed by atoms with van der Waals surface area (Å²) in [5.41, 5.74) is 2.88. The summed E-state index contributed by atoms with van der Waals surface area (Å²) in [5.74, 6) is -0.304. The molecule has 3 heteroatoms. The lowest BCUT2D eigenvalue weighted by Gasteiger charge is -2.18. The van der Waals surface area contributed by atoms with Gasteiger partial charge in [0.25, 0.3) is 0 Å². The van der Waals surface area contributed by atoms with E-state index < -0.39 is 0 Å². The van der Waals surface area contributed by atoms with Crippen LogP contribution in [-0.4, -0.2) is 20.1 Å². The standard InChI is InChI=1S/C17H17NO2/c1-17(2)10-18(3)14-8-6-11-9-12(16(19)20-4)5-7-13(11)15(14)17/h5-9H,1-4H3. The Labute approximate surface area is 119 Å². The van der Waals surface area contributed by atoms with Crippen molar-refractivity contribution in [1.82, 2.24) is 0 Å². The van der Waals surface area contributed by atoms with E-state index in [4.69, 9.17) is 4.74 Å². The van der Waals surface area contributed by atoms with Gasteiger partial charge in [-0.2, -0.15) is 0 Å². The molecule has 1 heterocycles. The van der Waals surface area contributed by atoms with E-state index in [0.717, 1.165) is 10.8 Å². The Hall–Kier alpha value is -2.03. The van der Waals surface area contributed by atoms with E-state index in [-0.39, 0.29) is 11.4 Å². The molecule has 2 aromatic rings. The van der Waals surface area contributed by atoms with Crippen molar-refractivity contribution in [3.63, 3.8) is 0 Å². The maximum atomic E-state index is 11.6. The number of anilines is 1. The van der Waals surface area contributed by atoms with Crippen LogP contribution in [0.2, 0.25) is 0 Å². The molecule has 2 aromatic carbocycles. The molecule has 1 aliphatic rings. The lowest BCUT2D eigenvalue weighted by Crippen LogP contribution is -2.18. The number of esters is 1. The number of nitrogens with zero attached hydrogens (tertiary/aromatic N) is 1. The fourth-order valence-electron chi connectivity index (χ4n) is 3.03. The molecule has 0 bridgehead atoms. The predicted octanol–water partition coefficient (Wildman–Crippen LogP) is 3.39. The highest BCUT2D eigenvalue weighted by atomic mass is 16.5. The molecule has 0 atom stereocenters. The number of benzene rings is 2. The van der Waals surface area contributed by atoms with Gasteiger partial charge in [-0.15, -0.1) is 0 Å². The molecule has 3 nitrogen and oxygen atoms in total. The zero-order valence-corrected chi connectivity index (χ0v) is 12.2. The second kappa shape index (κ2) is 4.23. The van der Waals surface area contributed by atoms with Gasteiger partial charge >= 0.3 is 5.97 Å². The molecule has 0 saturated carbocycles. The van der Waals surface area contributed by atoms with Crippen molar-refractivity contribution in [2.75, 3.05) is 19.1 Å². The summed E-state index contributed by atoms with van der Waals surface area (Å²) in [6.07, 6.45) is 0. The third-order valence-corrected chi connectivity index (χ3v) is 3.85. The topological polar surface area (TPSA) is 29.5 Å². The van der Waals surface area contributed by atoms with Crippen molar-refractivity contribution in [3.8, 4) is 0 Å². The van der Waals surface area contributed by atoms with E-state index in [9.17, 15) is 4.79 Å². The highest BCUT2D eigenvalue weighted by Gasteiger charge is 2.36. The third kappa shape index (κ3) is 1.77. The van der Waals surface area contributed by atoms with Crippen LogP contribution in [0.3, 0.4) is 0 Å². The molecule has 102 valence electrons. The molecular weight excluding hydrogens is 250 g/mol. The Balaban J connectivity index is 2.26. The van der Waals surface area contributed by atoms with Gasteiger partial charge in [0, 0.05) is 18.2 Å². The van der Waals surface area contributed by atoms with E-state index in [2.05, 4.69) is 26.5 Å². The van der Waals surface area contributed by atoms with Crippen molar-refractivity contribution in [2.24, 2.45) is 0 Å². The summed E-state index contributed by atoms with van der Waals surface area (Å²) in [5, 5.41) is 2.22. The summed E-state index contributed by atoms with van der Waals surface area (Å²) in [4.78, 5) is 13.7. The van der Waals surface area contributed by atoms with E-state index in [1.807, 2.05) is 36.2 Å². The van der Waals surface area contributed by atoms with Crippen molar-refractivity contribution in [2.45, 2.75) is 19.3 Å². The van der Waals surface area contributed by atoms with Gasteiger partial charge in [0.15, 0.2) is 0 Å². The van der Waals surface area contributed by atoms with Crippen LogP contribution < -0.4 is 4.90 Å². The largest absolute Gasteiger partial charge is 0.465 e. The monoisotopic (exact) mass is 267 g/mol. The van der Waals surface area contributed by atoms with Gasteiger partial charge < -0.3 is 9.64 Å². The molecule has 0 N–H and O–H groups in total. The smallest absolute Gasteiger partial charge is 0.337 e. The van der Waals surface area contributed by atoms with Crippen LogP contribution in [0.4, 0.5) is 5.69 Å². The summed E-state index contributed by atoms with van der Waals surface area (Å²) >= 11 is 0. The maximum Gasteiger partial charge on any atom is 0.337 e. The number of ether oxygens (including phenoxy) is 1. The number of hydrogen-bond donors (Lipinski definition) is 0. The summed E-state index contributed by atoms with van der Waals surface area (Å²) in [7, 11) is 3.42. The highest BCUT2D eigenvalue weighted by Crippen LogP contribution is 2.46. The van der Waals surface area contributed by atoms with Crippen LogP contribution in [0, 0.1) is 6.54 Å². The second-order valence-electron chi connectivity index (χ2n) is 5.68. The average Bonchev–Trinajstić information content (AvgIpc) is 2.67. The number of methoxy groups -OCH3 is 1. The fraction of sp³-hybridized carbons (Fsp3) is 0.294. The Morgan fingerprint density at radius 2 is 2.00 bits per heavy atom. The van der Waals surface area contributed by atoms with Gasteiger partial charge in [-0.1, -0.05) is 26.0 Å². The first-order valence-corrected chi connectivity index (χ1v) is 6.61. The van der Waals surface area contributed by atoms with Crippen LogP contribution in [0.25, 0.3) is 10.8 Å². The number of carbonyl (C=O) groups excluding carboxylic acids is 1. The molecule has 0 fully saturated rings. The highest BCUT2D eigenvalue weighted by molar-refractivity contribution is 5.99. The number of hydrogen-bond acceptors (Lipinski definition) is 3. The van der Waals surface area contributed by atoms with Gasteiger partial charge in [0.2, 0.25) is 0 Å². The molecule has 0 aromatic heterocycles. The Morgan fingerprint density at radius 3 is 2.70 bits per heavy atom. The van der Waals surface area contributed by atoms with Crippen molar-refractivity contribution < 1.29 is 9.53 Å². The minimum atomic E-state index is -0.304. The molecule has 0 spiro atoms. The first-order chi connectivity index (χ1) is 9.44. The molecule has 0 aliphatic carbocycles. The zero-order chi connectivity index (χ0) is 14.5. The Kier molecular flexibility index (Phi) is 2.75. The minimum absolute atomic E-state index is 0.129. The Morgan fingerprint density at radius 1 is 1.25 bits per heavy atom. The summed E-state index contributed by atoms with van der Waals surface area (Å²) in [6, 6.07) is 9.84. The number of rotatable bonds is 1. The number of fused-ring (bicyclic) bond motifs is 3. The lowest BCUT2D eigenvalue weighted by atomic mass is 9.83. The fourth-order valence-corrected chi connectivity index (χ4v) is 3.03. The third-order valence-electron chi connectivity index (χ3n) is 3.85. The average molecular weight is 267 g/mol. The molecule has 1 aliphatic heterocycles. The summed E-state index contributed by atoms with van der Waals surface area (Å²) in [6.45, 7) is 7.75. The van der Waals surface area contributed by atoms with E-state index in [1.165, 1.54) is 18.4 Å². The number of likely N-dealkylation sites (N-methyl/N-ethyl adjacent to an activating group) is 1. The molecule has 0 amide bonds. The summed E-state index contributed by atoms with van der Waals surface area (Å²) < 4.78 is 4.78. The molecular formula is C17H17NO2. The van der Waals surface area contributed by atoms with Crippen LogP contribution in [-0.2, 0) is 10.2 Å². The normalized spacial score (nSPS) is 16.3. The maximum absolute atomic E-state index is 11.6. The van der Waals surface area contributed by atoms with Crippen LogP contribution in [0.15, 0.2) is 30.3 Å². The van der Waals surface area contributed by atoms with Crippen LogP contribution >= 0.6 is 0 Å². The predicted molar refractivity (Wildman–Crippen MR) is 80.0 cm³/mol. The van der Waals surface area contributed by atoms with Crippen LogP contribution in [0.5, 0.6) is 0 Å². The van der Waals surface area contributed by atoms with Gasteiger partial charge in [0.05, 0.1) is 12.7 Å².